The van der Waals surface area contributed by atoms with Gasteiger partial charge in [0.25, 0.3) is 0 Å². The maximum Gasteiger partial charge on any atom is -0.00259 e. The maximum absolute atomic E-state index is 2.38. The van der Waals surface area contributed by atoms with E-state index in [0.29, 0.717) is 0 Å². The lowest BCUT2D eigenvalue weighted by molar-refractivity contribution is 1.58. The lowest BCUT2D eigenvalue weighted by Crippen LogP contribution is -1.92. The molecular formula is C54H34. The van der Waals surface area contributed by atoms with Gasteiger partial charge in [0, 0.05) is 0 Å². The third-order valence-corrected chi connectivity index (χ3v) is 11.3. The van der Waals surface area contributed by atoms with Crippen LogP contribution in [0, 0.1) is 0 Å². The van der Waals surface area contributed by atoms with Gasteiger partial charge in [-0.25, -0.2) is 0 Å². The highest BCUT2D eigenvalue weighted by atomic mass is 14.2. The summed E-state index contributed by atoms with van der Waals surface area (Å²) in [6.07, 6.45) is 0. The van der Waals surface area contributed by atoms with Crippen LogP contribution in [-0.2, 0) is 0 Å². The Kier molecular flexibility index (Phi) is 6.97. The van der Waals surface area contributed by atoms with E-state index in [1.165, 1.54) is 109 Å². The van der Waals surface area contributed by atoms with Crippen molar-refractivity contribution in [3.05, 3.63) is 206 Å². The predicted molar refractivity (Wildman–Crippen MR) is 232 cm³/mol. The number of benzene rings is 11. The second kappa shape index (κ2) is 12.3. The van der Waals surface area contributed by atoms with E-state index in [-0.39, 0.29) is 0 Å². The Balaban J connectivity index is 1.09. The van der Waals surface area contributed by atoms with E-state index in [2.05, 4.69) is 206 Å². The van der Waals surface area contributed by atoms with Crippen LogP contribution in [0.25, 0.3) is 109 Å². The molecule has 54 heavy (non-hydrogen) atoms. The molecule has 0 aliphatic rings. The van der Waals surface area contributed by atoms with Crippen LogP contribution in [0.3, 0.4) is 0 Å². The van der Waals surface area contributed by atoms with E-state index in [1.54, 1.807) is 0 Å². The van der Waals surface area contributed by atoms with Crippen LogP contribution < -0.4 is 0 Å². The van der Waals surface area contributed by atoms with E-state index < -0.39 is 0 Å². The van der Waals surface area contributed by atoms with Crippen LogP contribution in [0.2, 0.25) is 0 Å². The van der Waals surface area contributed by atoms with Gasteiger partial charge in [-0.1, -0.05) is 176 Å². The van der Waals surface area contributed by atoms with Crippen LogP contribution in [0.15, 0.2) is 206 Å². The number of fused-ring (bicyclic) bond motifs is 2. The molecule has 0 aliphatic carbocycles. The van der Waals surface area contributed by atoms with Crippen LogP contribution in [0.5, 0.6) is 0 Å². The zero-order chi connectivity index (χ0) is 35.6. The van der Waals surface area contributed by atoms with Crippen LogP contribution in [0.4, 0.5) is 0 Å². The molecule has 0 N–H and O–H groups in total. The fourth-order valence-corrected chi connectivity index (χ4v) is 8.87. The summed E-state index contributed by atoms with van der Waals surface area (Å²) in [6, 6.07) is 76.1. The Morgan fingerprint density at radius 1 is 0.185 bits per heavy atom. The number of rotatable bonds is 5. The van der Waals surface area contributed by atoms with Gasteiger partial charge in [-0.2, -0.15) is 0 Å². The molecule has 0 radical (unpaired) electrons. The fourth-order valence-electron chi connectivity index (χ4n) is 8.87. The largest absolute Gasteiger partial charge is 0.0622 e. The second-order valence-corrected chi connectivity index (χ2v) is 14.5. The molecule has 0 aromatic heterocycles. The van der Waals surface area contributed by atoms with Gasteiger partial charge in [0.05, 0.1) is 0 Å². The lowest BCUT2D eigenvalue weighted by atomic mass is 9.84. The lowest BCUT2D eigenvalue weighted by Gasteiger charge is -2.19. The van der Waals surface area contributed by atoms with Gasteiger partial charge in [0.15, 0.2) is 0 Å². The van der Waals surface area contributed by atoms with Crippen LogP contribution in [-0.4, -0.2) is 0 Å². The standard InChI is InChI=1S/C54H34/c1-3-12-35(13-4-1)44-32-45(36-14-5-2-6-15-36)34-46(33-44)54-49-20-9-7-18-47(49)53(48-19-8-10-21-50(48)54)40-24-22-37(23-25-40)43-30-41-28-26-38-16-11-17-39-27-29-42(31-43)52(41)51(38)39/h1-34H. The molecule has 11 aromatic carbocycles. The second-order valence-electron chi connectivity index (χ2n) is 14.5. The van der Waals surface area contributed by atoms with E-state index >= 15 is 0 Å². The Morgan fingerprint density at radius 3 is 1.04 bits per heavy atom. The SMILES string of the molecule is c1ccc(-c2cc(-c3ccccc3)cc(-c3c4ccccc4c(-c4ccc(-c5cc6ccc7cccc8ccc(c5)c6c78)cc4)c4ccccc34)c2)cc1. The van der Waals surface area contributed by atoms with Crippen molar-refractivity contribution in [1.82, 2.24) is 0 Å². The van der Waals surface area contributed by atoms with Gasteiger partial charge in [-0.15, -0.1) is 0 Å². The normalized spacial score (nSPS) is 11.7. The van der Waals surface area contributed by atoms with Crippen molar-refractivity contribution in [2.45, 2.75) is 0 Å². The van der Waals surface area contributed by atoms with Crippen molar-refractivity contribution in [2.24, 2.45) is 0 Å². The Morgan fingerprint density at radius 2 is 0.537 bits per heavy atom. The van der Waals surface area contributed by atoms with Crippen molar-refractivity contribution in [1.29, 1.82) is 0 Å². The van der Waals surface area contributed by atoms with Crippen molar-refractivity contribution in [3.63, 3.8) is 0 Å². The van der Waals surface area contributed by atoms with Crippen molar-refractivity contribution >= 4 is 53.9 Å². The highest BCUT2D eigenvalue weighted by Gasteiger charge is 2.18. The van der Waals surface area contributed by atoms with Crippen molar-refractivity contribution < 1.29 is 0 Å². The van der Waals surface area contributed by atoms with E-state index in [9.17, 15) is 0 Å². The van der Waals surface area contributed by atoms with Gasteiger partial charge in [-0.05, 0) is 140 Å². The van der Waals surface area contributed by atoms with E-state index in [1.807, 2.05) is 0 Å². The molecule has 0 amide bonds. The summed E-state index contributed by atoms with van der Waals surface area (Å²) in [7, 11) is 0. The first kappa shape index (κ1) is 30.6. The highest BCUT2D eigenvalue weighted by molar-refractivity contribution is 6.24. The molecule has 0 atom stereocenters. The molecule has 0 saturated carbocycles. The summed E-state index contributed by atoms with van der Waals surface area (Å²) < 4.78 is 0. The van der Waals surface area contributed by atoms with Gasteiger partial charge in [0.2, 0.25) is 0 Å². The fraction of sp³-hybridized carbons (Fsp3) is 0. The van der Waals surface area contributed by atoms with Crippen LogP contribution in [0.1, 0.15) is 0 Å². The molecule has 0 heterocycles. The molecule has 250 valence electrons. The monoisotopic (exact) mass is 682 g/mol. The molecular weight excluding hydrogens is 649 g/mol. The molecule has 0 spiro atoms. The van der Waals surface area contributed by atoms with Gasteiger partial charge in [-0.3, -0.25) is 0 Å². The zero-order valence-electron chi connectivity index (χ0n) is 29.6. The first-order valence-electron chi connectivity index (χ1n) is 18.7. The smallest absolute Gasteiger partial charge is 0.00259 e. The summed E-state index contributed by atoms with van der Waals surface area (Å²) in [6.45, 7) is 0. The maximum atomic E-state index is 2.38. The highest BCUT2D eigenvalue weighted by Crippen LogP contribution is 2.46. The summed E-state index contributed by atoms with van der Waals surface area (Å²) >= 11 is 0. The predicted octanol–water partition coefficient (Wildman–Crippen LogP) is 15.2. The molecule has 0 saturated heterocycles. The third-order valence-electron chi connectivity index (χ3n) is 11.3. The first-order valence-corrected chi connectivity index (χ1v) is 18.7. The van der Waals surface area contributed by atoms with Gasteiger partial charge < -0.3 is 0 Å². The summed E-state index contributed by atoms with van der Waals surface area (Å²) in [5, 5.41) is 12.9. The molecule has 0 nitrogen and oxygen atoms in total. The number of hydrogen-bond acceptors (Lipinski definition) is 0. The minimum Gasteiger partial charge on any atom is -0.0622 e. The van der Waals surface area contributed by atoms with Gasteiger partial charge in [0.1, 0.15) is 0 Å². The minimum atomic E-state index is 1.21. The third kappa shape index (κ3) is 4.92. The van der Waals surface area contributed by atoms with E-state index in [4.69, 9.17) is 0 Å². The zero-order valence-corrected chi connectivity index (χ0v) is 29.6. The Labute approximate surface area is 314 Å². The topological polar surface area (TPSA) is 0 Å². The molecule has 0 heteroatoms. The molecule has 11 aromatic rings. The van der Waals surface area contributed by atoms with Crippen molar-refractivity contribution in [3.8, 4) is 55.6 Å². The quantitative estimate of drug-likeness (QED) is 0.125. The molecule has 0 fully saturated rings. The van der Waals surface area contributed by atoms with Gasteiger partial charge >= 0.3 is 0 Å². The molecule has 0 aliphatic heterocycles. The Hall–Kier alpha value is -7.02. The average Bonchev–Trinajstić information content (AvgIpc) is 3.25. The van der Waals surface area contributed by atoms with Crippen molar-refractivity contribution in [2.75, 3.05) is 0 Å². The molecule has 11 rings (SSSR count). The summed E-state index contributed by atoms with van der Waals surface area (Å²) in [4.78, 5) is 0. The van der Waals surface area contributed by atoms with E-state index in [0.717, 1.165) is 0 Å². The molecule has 0 unspecified atom stereocenters. The molecule has 0 bridgehead atoms. The summed E-state index contributed by atoms with van der Waals surface area (Å²) in [5.74, 6) is 0. The summed E-state index contributed by atoms with van der Waals surface area (Å²) in [5.41, 5.74) is 12.3. The average molecular weight is 683 g/mol. The van der Waals surface area contributed by atoms with Crippen LogP contribution >= 0.6 is 0 Å². The minimum absolute atomic E-state index is 1.21. The Bertz CT molecular complexity index is 2990. The number of hydrogen-bond donors (Lipinski definition) is 0. The first-order chi connectivity index (χ1) is 26.8.